The van der Waals surface area contributed by atoms with Crippen LogP contribution in [0, 0.1) is 0 Å². The molecule has 0 fully saturated rings. The van der Waals surface area contributed by atoms with Gasteiger partial charge in [-0.2, -0.15) is 0 Å². The molecular formula is C9H10NSn. The summed E-state index contributed by atoms with van der Waals surface area (Å²) in [4.78, 5) is 0. The molecule has 3 radical (unpaired) electrons. The molecule has 0 aliphatic rings. The molecule has 0 saturated heterocycles. The fourth-order valence-corrected chi connectivity index (χ4v) is 1.90. The molecule has 1 aromatic rings. The first-order valence-corrected chi connectivity index (χ1v) is 4.87. The first kappa shape index (κ1) is 8.81. The zero-order valence-electron chi connectivity index (χ0n) is 6.25. The molecule has 0 aliphatic carbocycles. The normalized spacial score (nSPS) is 12.5. The summed E-state index contributed by atoms with van der Waals surface area (Å²) in [5, 5.41) is 0. The first-order valence-electron chi connectivity index (χ1n) is 3.44. The third kappa shape index (κ3) is 2.07. The summed E-state index contributed by atoms with van der Waals surface area (Å²) in [6, 6.07) is 8.17. The molecule has 0 aliphatic heterocycles. The fourth-order valence-electron chi connectivity index (χ4n) is 0.915. The maximum atomic E-state index is 5.79. The SMILES string of the molecule is C=CC(N)c1cccc[c]1[Sn]. The van der Waals surface area contributed by atoms with Crippen LogP contribution in [0.1, 0.15) is 11.6 Å². The van der Waals surface area contributed by atoms with Crippen LogP contribution in [0.2, 0.25) is 0 Å². The predicted molar refractivity (Wildman–Crippen MR) is 49.0 cm³/mol. The average Bonchev–Trinajstić information content (AvgIpc) is 2.04. The van der Waals surface area contributed by atoms with E-state index >= 15 is 0 Å². The standard InChI is InChI=1S/C9H10N.Sn/c1-2-9(10)8-6-4-3-5-7-8;/h2-6,9H,1,10H2;. The van der Waals surface area contributed by atoms with E-state index < -0.39 is 0 Å². The summed E-state index contributed by atoms with van der Waals surface area (Å²) in [5.74, 6) is 0. The van der Waals surface area contributed by atoms with Crippen LogP contribution in [-0.4, -0.2) is 22.5 Å². The van der Waals surface area contributed by atoms with E-state index in [1.54, 1.807) is 6.08 Å². The Morgan fingerprint density at radius 3 is 2.64 bits per heavy atom. The molecule has 1 rings (SSSR count). The van der Waals surface area contributed by atoms with Gasteiger partial charge in [-0.05, 0) is 0 Å². The number of hydrogen-bond acceptors (Lipinski definition) is 1. The number of hydrogen-bond donors (Lipinski definition) is 1. The monoisotopic (exact) mass is 252 g/mol. The van der Waals surface area contributed by atoms with Gasteiger partial charge in [-0.3, -0.25) is 0 Å². The van der Waals surface area contributed by atoms with Gasteiger partial charge >= 0.3 is 80.4 Å². The van der Waals surface area contributed by atoms with Gasteiger partial charge in [-0.15, -0.1) is 0 Å². The van der Waals surface area contributed by atoms with Gasteiger partial charge in [0.15, 0.2) is 0 Å². The van der Waals surface area contributed by atoms with E-state index in [0.717, 1.165) is 0 Å². The molecule has 1 aromatic carbocycles. The third-order valence-electron chi connectivity index (χ3n) is 1.57. The summed E-state index contributed by atoms with van der Waals surface area (Å²) < 4.78 is 1.31. The van der Waals surface area contributed by atoms with Gasteiger partial charge in [-0.1, -0.05) is 0 Å². The zero-order valence-corrected chi connectivity index (χ0v) is 9.10. The predicted octanol–water partition coefficient (Wildman–Crippen LogP) is 0.666. The van der Waals surface area contributed by atoms with Gasteiger partial charge in [0.2, 0.25) is 0 Å². The first-order chi connectivity index (χ1) is 5.25. The number of nitrogens with two attached hydrogens (primary N) is 1. The van der Waals surface area contributed by atoms with Gasteiger partial charge in [0.05, 0.1) is 0 Å². The molecule has 1 unspecified atom stereocenters. The zero-order chi connectivity index (χ0) is 8.27. The van der Waals surface area contributed by atoms with E-state index in [-0.39, 0.29) is 6.04 Å². The molecule has 1 nitrogen and oxygen atoms in total. The minimum atomic E-state index is -0.00880. The quantitative estimate of drug-likeness (QED) is 0.606. The van der Waals surface area contributed by atoms with Crippen LogP contribution in [-0.2, 0) is 0 Å². The van der Waals surface area contributed by atoms with Crippen molar-refractivity contribution in [3.63, 3.8) is 0 Å². The number of rotatable bonds is 2. The Morgan fingerprint density at radius 1 is 1.45 bits per heavy atom. The Bertz CT molecular complexity index is 257. The van der Waals surface area contributed by atoms with Crippen molar-refractivity contribution in [3.05, 3.63) is 42.5 Å². The summed E-state index contributed by atoms with van der Waals surface area (Å²) in [7, 11) is 0. The number of benzene rings is 1. The van der Waals surface area contributed by atoms with Gasteiger partial charge in [-0.25, -0.2) is 0 Å². The van der Waals surface area contributed by atoms with Crippen molar-refractivity contribution >= 4 is 26.1 Å². The van der Waals surface area contributed by atoms with Crippen LogP contribution < -0.4 is 9.31 Å². The second-order valence-electron chi connectivity index (χ2n) is 2.35. The van der Waals surface area contributed by atoms with Crippen LogP contribution in [0.4, 0.5) is 0 Å². The van der Waals surface area contributed by atoms with Crippen molar-refractivity contribution in [1.82, 2.24) is 0 Å². The molecule has 1 atom stereocenters. The van der Waals surface area contributed by atoms with E-state index in [1.165, 1.54) is 31.7 Å². The molecule has 0 heterocycles. The van der Waals surface area contributed by atoms with Crippen molar-refractivity contribution in [3.8, 4) is 0 Å². The molecule has 55 valence electrons. The van der Waals surface area contributed by atoms with E-state index in [4.69, 9.17) is 5.73 Å². The van der Waals surface area contributed by atoms with Crippen molar-refractivity contribution in [1.29, 1.82) is 0 Å². The van der Waals surface area contributed by atoms with Crippen LogP contribution in [0.5, 0.6) is 0 Å². The second kappa shape index (κ2) is 3.93. The fraction of sp³-hybridized carbons (Fsp3) is 0.111. The van der Waals surface area contributed by atoms with Gasteiger partial charge in [0.25, 0.3) is 0 Å². The Kier molecular flexibility index (Phi) is 3.14. The molecular weight excluding hydrogens is 241 g/mol. The van der Waals surface area contributed by atoms with Crippen LogP contribution in [0.3, 0.4) is 0 Å². The Morgan fingerprint density at radius 2 is 2.09 bits per heavy atom. The molecule has 0 spiro atoms. The van der Waals surface area contributed by atoms with Crippen molar-refractivity contribution < 1.29 is 0 Å². The molecule has 0 bridgehead atoms. The Hall–Kier alpha value is -0.281. The third-order valence-corrected chi connectivity index (χ3v) is 2.87. The van der Waals surface area contributed by atoms with E-state index in [9.17, 15) is 0 Å². The summed E-state index contributed by atoms with van der Waals surface area (Å²) in [6.45, 7) is 3.66. The Balaban J connectivity index is 3.02. The summed E-state index contributed by atoms with van der Waals surface area (Å²) in [6.07, 6.45) is 1.77. The molecule has 0 amide bonds. The van der Waals surface area contributed by atoms with E-state index in [0.29, 0.717) is 0 Å². The summed E-state index contributed by atoms with van der Waals surface area (Å²) in [5.41, 5.74) is 6.99. The van der Waals surface area contributed by atoms with Gasteiger partial charge in [0.1, 0.15) is 0 Å². The minimum absolute atomic E-state index is 0.00880. The average molecular weight is 251 g/mol. The van der Waals surface area contributed by atoms with Crippen LogP contribution in [0.25, 0.3) is 0 Å². The van der Waals surface area contributed by atoms with E-state index in [1.807, 2.05) is 12.1 Å². The molecule has 2 N–H and O–H groups in total. The maximum absolute atomic E-state index is 5.79. The molecule has 11 heavy (non-hydrogen) atoms. The second-order valence-corrected chi connectivity index (χ2v) is 3.89. The van der Waals surface area contributed by atoms with E-state index in [2.05, 4.69) is 18.7 Å². The molecule has 0 saturated carbocycles. The van der Waals surface area contributed by atoms with Crippen molar-refractivity contribution in [2.45, 2.75) is 6.04 Å². The topological polar surface area (TPSA) is 26.0 Å². The van der Waals surface area contributed by atoms with Crippen LogP contribution >= 0.6 is 0 Å². The molecule has 0 aromatic heterocycles. The van der Waals surface area contributed by atoms with Crippen molar-refractivity contribution in [2.24, 2.45) is 5.73 Å². The van der Waals surface area contributed by atoms with Gasteiger partial charge < -0.3 is 0 Å². The van der Waals surface area contributed by atoms with Crippen molar-refractivity contribution in [2.75, 3.05) is 0 Å². The molecule has 2 heteroatoms. The summed E-state index contributed by atoms with van der Waals surface area (Å²) >= 11 is 1.40. The van der Waals surface area contributed by atoms with Gasteiger partial charge in [0, 0.05) is 0 Å². The Labute approximate surface area is 80.4 Å². The van der Waals surface area contributed by atoms with Crippen LogP contribution in [0.15, 0.2) is 36.9 Å².